The fraction of sp³-hybridized carbons (Fsp3) is 0. The predicted octanol–water partition coefficient (Wildman–Crippen LogP) is 9.61. The van der Waals surface area contributed by atoms with Crippen LogP contribution in [0.4, 0.5) is 68.2 Å². The monoisotopic (exact) mass is 592 g/mol. The third-order valence-electron chi connectivity index (χ3n) is 9.13. The Bertz CT molecular complexity index is 1950. The van der Waals surface area contributed by atoms with Gasteiger partial charge >= 0.3 is 0 Å². The smallest absolute Gasteiger partial charge is 0.165 e. The molecule has 7 aromatic rings. The van der Waals surface area contributed by atoms with Crippen molar-refractivity contribution in [3.8, 4) is 0 Å². The van der Waals surface area contributed by atoms with E-state index < -0.39 is 0 Å². The van der Waals surface area contributed by atoms with Crippen molar-refractivity contribution in [2.75, 3.05) is 9.80 Å². The van der Waals surface area contributed by atoms with Crippen LogP contribution in [0, 0.1) is 0 Å². The first-order chi connectivity index (χ1) is 22.9. The molecule has 7 aromatic carbocycles. The van der Waals surface area contributed by atoms with Crippen molar-refractivity contribution >= 4 is 68.2 Å². The maximum absolute atomic E-state index is 2.39. The number of nitrogens with one attached hydrogen (secondary N) is 2. The molecule has 0 amide bonds. The highest BCUT2D eigenvalue weighted by Gasteiger charge is 2.38. The van der Waals surface area contributed by atoms with Gasteiger partial charge in [0.05, 0.1) is 6.07 Å². The molecule has 4 nitrogen and oxygen atoms in total. The third kappa shape index (κ3) is 4.16. The van der Waals surface area contributed by atoms with Crippen LogP contribution in [0.1, 0.15) is 0 Å². The average molecular weight is 593 g/mol. The maximum atomic E-state index is 2.39. The van der Waals surface area contributed by atoms with Crippen molar-refractivity contribution in [3.05, 3.63) is 182 Å². The van der Waals surface area contributed by atoms with Crippen LogP contribution >= 0.6 is 0 Å². The van der Waals surface area contributed by atoms with Crippen LogP contribution in [0.25, 0.3) is 0 Å². The third-order valence-corrected chi connectivity index (χ3v) is 9.13. The number of quaternary nitrogens is 2. The Morgan fingerprint density at radius 2 is 0.587 bits per heavy atom. The van der Waals surface area contributed by atoms with Gasteiger partial charge in [0, 0.05) is 47.8 Å². The Morgan fingerprint density at radius 1 is 0.283 bits per heavy atom. The molecule has 0 fully saturated rings. The molecular formula is C42H32N4+2. The zero-order valence-corrected chi connectivity index (χ0v) is 25.2. The molecule has 0 spiro atoms. The molecule has 0 aliphatic carbocycles. The van der Waals surface area contributed by atoms with Crippen molar-refractivity contribution in [2.24, 2.45) is 0 Å². The van der Waals surface area contributed by atoms with E-state index in [1.165, 1.54) is 66.7 Å². The first-order valence-corrected chi connectivity index (χ1v) is 15.8. The lowest BCUT2D eigenvalue weighted by atomic mass is 10.0. The van der Waals surface area contributed by atoms with Gasteiger partial charge in [-0.1, -0.05) is 91.0 Å². The maximum Gasteiger partial charge on any atom is 0.165 e. The number of benzene rings is 7. The first kappa shape index (κ1) is 26.5. The molecule has 218 valence electrons. The van der Waals surface area contributed by atoms with Gasteiger partial charge in [0.25, 0.3) is 0 Å². The van der Waals surface area contributed by atoms with Crippen molar-refractivity contribution in [1.82, 2.24) is 0 Å². The predicted molar refractivity (Wildman–Crippen MR) is 189 cm³/mol. The van der Waals surface area contributed by atoms with Gasteiger partial charge in [0.2, 0.25) is 0 Å². The minimum Gasteiger partial charge on any atom is -0.300 e. The Balaban J connectivity index is 1.22. The summed E-state index contributed by atoms with van der Waals surface area (Å²) in [6.07, 6.45) is 0. The van der Waals surface area contributed by atoms with Gasteiger partial charge in [-0.2, -0.15) is 0 Å². The molecule has 46 heavy (non-hydrogen) atoms. The average Bonchev–Trinajstić information content (AvgIpc) is 3.13. The minimum atomic E-state index is 1.16. The summed E-state index contributed by atoms with van der Waals surface area (Å²) < 4.78 is 0. The summed E-state index contributed by atoms with van der Waals surface area (Å²) in [6, 6.07) is 65.7. The number of hydrogen-bond acceptors (Lipinski definition) is 2. The molecule has 0 radical (unpaired) electrons. The van der Waals surface area contributed by atoms with E-state index in [9.17, 15) is 0 Å². The highest BCUT2D eigenvalue weighted by Crippen LogP contribution is 2.47. The molecule has 2 heterocycles. The largest absolute Gasteiger partial charge is 0.300 e. The first-order valence-electron chi connectivity index (χ1n) is 15.8. The molecule has 0 saturated heterocycles. The van der Waals surface area contributed by atoms with Crippen LogP contribution in [-0.2, 0) is 0 Å². The standard InChI is InChI=1S/C42H30N4/c1-3-16-31(17-4-1)43-35-22-7-11-26-39(35)45(40-27-12-8-23-36(40)43)33-20-15-21-34(30-33)46-41-28-13-9-24-37(41)44(32-18-5-2-6-19-32)38-25-10-14-29-42(38)46/h1-30H/p+2. The van der Waals surface area contributed by atoms with E-state index in [-0.39, 0.29) is 0 Å². The van der Waals surface area contributed by atoms with Crippen molar-refractivity contribution in [1.29, 1.82) is 0 Å². The van der Waals surface area contributed by atoms with Crippen molar-refractivity contribution < 1.29 is 9.80 Å². The lowest BCUT2D eigenvalue weighted by molar-refractivity contribution is -0.688. The Labute approximate surface area is 269 Å². The van der Waals surface area contributed by atoms with Crippen molar-refractivity contribution in [3.63, 3.8) is 0 Å². The summed E-state index contributed by atoms with van der Waals surface area (Å²) in [4.78, 5) is 7.28. The molecule has 0 unspecified atom stereocenters. The topological polar surface area (TPSA) is 15.4 Å². The number of hydrogen-bond donors (Lipinski definition) is 2. The second kappa shape index (κ2) is 10.9. The Hall–Kier alpha value is -5.94. The summed E-state index contributed by atoms with van der Waals surface area (Å²) in [5.41, 5.74) is 14.4. The highest BCUT2D eigenvalue weighted by molar-refractivity contribution is 5.91. The van der Waals surface area contributed by atoms with Crippen LogP contribution in [-0.4, -0.2) is 0 Å². The molecule has 2 N–H and O–H groups in total. The van der Waals surface area contributed by atoms with Crippen LogP contribution < -0.4 is 19.6 Å². The Kier molecular flexibility index (Phi) is 6.27. The van der Waals surface area contributed by atoms with E-state index >= 15 is 0 Å². The van der Waals surface area contributed by atoms with Crippen molar-refractivity contribution in [2.45, 2.75) is 0 Å². The molecule has 2 aliphatic rings. The molecule has 0 bridgehead atoms. The fourth-order valence-electron chi connectivity index (χ4n) is 7.23. The number of para-hydroxylation sites is 10. The summed E-state index contributed by atoms with van der Waals surface area (Å²) >= 11 is 0. The fourth-order valence-corrected chi connectivity index (χ4v) is 7.23. The molecule has 4 heteroatoms. The quantitative estimate of drug-likeness (QED) is 0.212. The van der Waals surface area contributed by atoms with Gasteiger partial charge in [-0.15, -0.1) is 0 Å². The lowest BCUT2D eigenvalue weighted by Gasteiger charge is -2.37. The van der Waals surface area contributed by atoms with Crippen LogP contribution in [0.15, 0.2) is 182 Å². The molecule has 0 atom stereocenters. The molecule has 0 aromatic heterocycles. The number of fused-ring (bicyclic) bond motifs is 4. The van der Waals surface area contributed by atoms with Crippen LogP contribution in [0.3, 0.4) is 0 Å². The highest BCUT2D eigenvalue weighted by atomic mass is 15.3. The summed E-state index contributed by atoms with van der Waals surface area (Å²) in [7, 11) is 0. The van der Waals surface area contributed by atoms with Crippen LogP contribution in [0.2, 0.25) is 0 Å². The van der Waals surface area contributed by atoms with Crippen LogP contribution in [0.5, 0.6) is 0 Å². The van der Waals surface area contributed by atoms with E-state index in [2.05, 4.69) is 192 Å². The van der Waals surface area contributed by atoms with Gasteiger partial charge in [0.1, 0.15) is 34.1 Å². The second-order valence-electron chi connectivity index (χ2n) is 11.7. The zero-order valence-electron chi connectivity index (χ0n) is 25.2. The van der Waals surface area contributed by atoms with E-state index in [4.69, 9.17) is 0 Å². The number of anilines is 6. The van der Waals surface area contributed by atoms with E-state index in [1.54, 1.807) is 0 Å². The van der Waals surface area contributed by atoms with E-state index in [0.29, 0.717) is 0 Å². The van der Waals surface area contributed by atoms with Gasteiger partial charge in [-0.05, 0) is 48.5 Å². The second-order valence-corrected chi connectivity index (χ2v) is 11.7. The zero-order chi connectivity index (χ0) is 30.5. The van der Waals surface area contributed by atoms with Gasteiger partial charge in [-0.25, -0.2) is 9.80 Å². The van der Waals surface area contributed by atoms with E-state index in [0.717, 1.165) is 11.4 Å². The number of rotatable bonds is 4. The Morgan fingerprint density at radius 3 is 0.935 bits per heavy atom. The molecular weight excluding hydrogens is 560 g/mol. The van der Waals surface area contributed by atoms with Gasteiger partial charge in [0.15, 0.2) is 22.7 Å². The SMILES string of the molecule is c1ccc(N2c3ccccc3[NH+](c3cccc([NH+]4c5ccccc5N(c5ccccc5)c5ccccc54)c3)c3ccccc32)cc1. The summed E-state index contributed by atoms with van der Waals surface area (Å²) in [6.45, 7) is 0. The number of nitrogens with zero attached hydrogens (tertiary/aromatic N) is 2. The van der Waals surface area contributed by atoms with Gasteiger partial charge < -0.3 is 0 Å². The van der Waals surface area contributed by atoms with E-state index in [1.807, 2.05) is 0 Å². The molecule has 0 saturated carbocycles. The lowest BCUT2D eigenvalue weighted by Crippen LogP contribution is -2.99. The summed E-state index contributed by atoms with van der Waals surface area (Å²) in [5, 5.41) is 0. The minimum absolute atomic E-state index is 1.16. The van der Waals surface area contributed by atoms with Gasteiger partial charge in [-0.3, -0.25) is 9.80 Å². The molecule has 2 aliphatic heterocycles. The summed E-state index contributed by atoms with van der Waals surface area (Å²) in [5.74, 6) is 0. The normalized spacial score (nSPS) is 13.8. The molecule has 9 rings (SSSR count).